The van der Waals surface area contributed by atoms with Gasteiger partial charge in [0.25, 0.3) is 0 Å². The number of rotatable bonds is 8. The second-order valence-corrected chi connectivity index (χ2v) is 3.74. The Morgan fingerprint density at radius 2 is 2.00 bits per heavy atom. The molecule has 1 aromatic rings. The lowest BCUT2D eigenvalue weighted by molar-refractivity contribution is 0.196. The maximum Gasteiger partial charge on any atom is 0.322 e. The van der Waals surface area contributed by atoms with Gasteiger partial charge in [-0.15, -0.1) is 0 Å². The molecule has 0 radical (unpaired) electrons. The van der Waals surface area contributed by atoms with E-state index in [1.54, 1.807) is 14.2 Å². The van der Waals surface area contributed by atoms with Crippen LogP contribution in [0.15, 0.2) is 0 Å². The van der Waals surface area contributed by atoms with Crippen molar-refractivity contribution in [1.29, 1.82) is 0 Å². The quantitative estimate of drug-likeness (QED) is 0.688. The highest BCUT2D eigenvalue weighted by Gasteiger charge is 2.10. The predicted molar refractivity (Wildman–Crippen MR) is 70.3 cm³/mol. The Kier molecular flexibility index (Phi) is 6.13. The third-order valence-electron chi connectivity index (χ3n) is 2.30. The van der Waals surface area contributed by atoms with Crippen molar-refractivity contribution in [3.8, 4) is 6.01 Å². The maximum absolute atomic E-state index is 5.06. The van der Waals surface area contributed by atoms with Gasteiger partial charge in [0.1, 0.15) is 0 Å². The Morgan fingerprint density at radius 1 is 1.22 bits per heavy atom. The van der Waals surface area contributed by atoms with Gasteiger partial charge in [0.15, 0.2) is 0 Å². The van der Waals surface area contributed by atoms with E-state index >= 15 is 0 Å². The van der Waals surface area contributed by atoms with Crippen LogP contribution in [0.2, 0.25) is 0 Å². The molecule has 0 saturated heterocycles. The Bertz CT molecular complexity index is 361. The molecule has 0 amide bonds. The minimum absolute atomic E-state index is 0.314. The number of hydrogen-bond acceptors (Lipinski definition) is 7. The summed E-state index contributed by atoms with van der Waals surface area (Å²) in [5.41, 5.74) is 0. The summed E-state index contributed by atoms with van der Waals surface area (Å²) in [6.07, 6.45) is 0.914. The fraction of sp³-hybridized carbons (Fsp3) is 0.727. The minimum Gasteiger partial charge on any atom is -0.467 e. The Morgan fingerprint density at radius 3 is 2.61 bits per heavy atom. The van der Waals surface area contributed by atoms with Crippen molar-refractivity contribution < 1.29 is 9.47 Å². The summed E-state index contributed by atoms with van der Waals surface area (Å²) >= 11 is 0. The molecule has 18 heavy (non-hydrogen) atoms. The number of nitrogens with zero attached hydrogens (tertiary/aromatic N) is 4. The summed E-state index contributed by atoms with van der Waals surface area (Å²) in [6.45, 7) is 4.26. The van der Waals surface area contributed by atoms with E-state index in [-0.39, 0.29) is 0 Å². The molecule has 0 unspecified atom stereocenters. The lowest BCUT2D eigenvalue weighted by Crippen LogP contribution is -2.23. The van der Waals surface area contributed by atoms with Crippen molar-refractivity contribution in [2.24, 2.45) is 0 Å². The third-order valence-corrected chi connectivity index (χ3v) is 2.30. The Hall–Kier alpha value is -1.63. The molecule has 102 valence electrons. The fourth-order valence-corrected chi connectivity index (χ4v) is 1.39. The highest BCUT2D eigenvalue weighted by molar-refractivity contribution is 5.37. The van der Waals surface area contributed by atoms with Crippen LogP contribution in [0.3, 0.4) is 0 Å². The molecule has 1 N–H and O–H groups in total. The summed E-state index contributed by atoms with van der Waals surface area (Å²) in [5.74, 6) is 1.12. The van der Waals surface area contributed by atoms with Crippen LogP contribution >= 0.6 is 0 Å². The standard InChI is InChI=1S/C11H21N5O2/c1-5-12-9-13-10(15-11(14-9)18-4)16(2)7-6-8-17-3/h5-8H2,1-4H3,(H,12,13,14,15). The first-order valence-electron chi connectivity index (χ1n) is 5.95. The van der Waals surface area contributed by atoms with Gasteiger partial charge >= 0.3 is 6.01 Å². The van der Waals surface area contributed by atoms with Gasteiger partial charge < -0.3 is 19.7 Å². The van der Waals surface area contributed by atoms with E-state index in [0.717, 1.165) is 19.5 Å². The molecule has 0 atom stereocenters. The van der Waals surface area contributed by atoms with Crippen molar-refractivity contribution in [3.05, 3.63) is 0 Å². The molecular formula is C11H21N5O2. The van der Waals surface area contributed by atoms with Crippen LogP contribution < -0.4 is 15.0 Å². The average Bonchev–Trinajstić information content (AvgIpc) is 2.39. The average molecular weight is 255 g/mol. The second kappa shape index (κ2) is 7.65. The van der Waals surface area contributed by atoms with Crippen LogP contribution in [0, 0.1) is 0 Å². The van der Waals surface area contributed by atoms with E-state index in [9.17, 15) is 0 Å². The third kappa shape index (κ3) is 4.33. The molecular weight excluding hydrogens is 234 g/mol. The number of nitrogens with one attached hydrogen (secondary N) is 1. The molecule has 1 aromatic heterocycles. The predicted octanol–water partition coefficient (Wildman–Crippen LogP) is 0.785. The molecule has 1 rings (SSSR count). The fourth-order valence-electron chi connectivity index (χ4n) is 1.39. The largest absolute Gasteiger partial charge is 0.467 e. The number of aromatic nitrogens is 3. The topological polar surface area (TPSA) is 72.4 Å². The molecule has 0 fully saturated rings. The number of ether oxygens (including phenoxy) is 2. The maximum atomic E-state index is 5.06. The number of methoxy groups -OCH3 is 2. The second-order valence-electron chi connectivity index (χ2n) is 3.74. The zero-order valence-corrected chi connectivity index (χ0v) is 11.4. The summed E-state index contributed by atoms with van der Waals surface area (Å²) in [5, 5.41) is 3.05. The van der Waals surface area contributed by atoms with Crippen LogP contribution in [0.1, 0.15) is 13.3 Å². The van der Waals surface area contributed by atoms with Crippen molar-refractivity contribution in [1.82, 2.24) is 15.0 Å². The molecule has 0 saturated carbocycles. The smallest absolute Gasteiger partial charge is 0.322 e. The summed E-state index contributed by atoms with van der Waals surface area (Å²) in [4.78, 5) is 14.6. The summed E-state index contributed by atoms with van der Waals surface area (Å²) in [7, 11) is 5.16. The minimum atomic E-state index is 0.314. The van der Waals surface area contributed by atoms with Crippen LogP contribution in [0.5, 0.6) is 6.01 Å². The van der Waals surface area contributed by atoms with Crippen molar-refractivity contribution in [3.63, 3.8) is 0 Å². The molecule has 1 heterocycles. The van der Waals surface area contributed by atoms with Gasteiger partial charge in [-0.1, -0.05) is 0 Å². The van der Waals surface area contributed by atoms with E-state index in [2.05, 4.69) is 20.3 Å². The monoisotopic (exact) mass is 255 g/mol. The van der Waals surface area contributed by atoms with E-state index in [1.165, 1.54) is 0 Å². The highest BCUT2D eigenvalue weighted by Crippen LogP contribution is 2.13. The lowest BCUT2D eigenvalue weighted by atomic mass is 10.4. The van der Waals surface area contributed by atoms with E-state index < -0.39 is 0 Å². The van der Waals surface area contributed by atoms with Crippen molar-refractivity contribution >= 4 is 11.9 Å². The van der Waals surface area contributed by atoms with Crippen LogP contribution in [-0.2, 0) is 4.74 Å². The zero-order chi connectivity index (χ0) is 13.4. The van der Waals surface area contributed by atoms with Crippen molar-refractivity contribution in [2.75, 3.05) is 51.2 Å². The van der Waals surface area contributed by atoms with Gasteiger partial charge in [0.2, 0.25) is 11.9 Å². The molecule has 0 bridgehead atoms. The van der Waals surface area contributed by atoms with Crippen LogP contribution in [-0.4, -0.2) is 55.9 Å². The summed E-state index contributed by atoms with van der Waals surface area (Å²) < 4.78 is 10.1. The van der Waals surface area contributed by atoms with Crippen molar-refractivity contribution in [2.45, 2.75) is 13.3 Å². The molecule has 0 aliphatic rings. The Balaban J connectivity index is 2.75. The van der Waals surface area contributed by atoms with Gasteiger partial charge in [-0.3, -0.25) is 0 Å². The molecule has 0 aliphatic carbocycles. The van der Waals surface area contributed by atoms with E-state index in [1.807, 2.05) is 18.9 Å². The highest BCUT2D eigenvalue weighted by atomic mass is 16.5. The van der Waals surface area contributed by atoms with Gasteiger partial charge in [-0.25, -0.2) is 0 Å². The SMILES string of the molecule is CCNc1nc(OC)nc(N(C)CCCOC)n1. The zero-order valence-electron chi connectivity index (χ0n) is 11.4. The van der Waals surface area contributed by atoms with E-state index in [4.69, 9.17) is 9.47 Å². The van der Waals surface area contributed by atoms with Gasteiger partial charge in [0, 0.05) is 33.9 Å². The Labute approximate surface area is 108 Å². The first-order chi connectivity index (χ1) is 8.71. The molecule has 7 heteroatoms. The molecule has 0 spiro atoms. The summed E-state index contributed by atoms with van der Waals surface area (Å²) in [6, 6.07) is 0.314. The number of hydrogen-bond donors (Lipinski definition) is 1. The van der Waals surface area contributed by atoms with Crippen LogP contribution in [0.4, 0.5) is 11.9 Å². The van der Waals surface area contributed by atoms with E-state index in [0.29, 0.717) is 24.5 Å². The normalized spacial score (nSPS) is 10.2. The molecule has 0 aromatic carbocycles. The van der Waals surface area contributed by atoms with Gasteiger partial charge in [-0.05, 0) is 13.3 Å². The molecule has 7 nitrogen and oxygen atoms in total. The first kappa shape index (κ1) is 14.4. The van der Waals surface area contributed by atoms with Crippen LogP contribution in [0.25, 0.3) is 0 Å². The van der Waals surface area contributed by atoms with Gasteiger partial charge in [-0.2, -0.15) is 15.0 Å². The molecule has 0 aliphatic heterocycles. The number of anilines is 2. The lowest BCUT2D eigenvalue weighted by Gasteiger charge is -2.17. The van der Waals surface area contributed by atoms with Gasteiger partial charge in [0.05, 0.1) is 7.11 Å². The first-order valence-corrected chi connectivity index (χ1v) is 5.95.